The van der Waals surface area contributed by atoms with E-state index in [1.807, 2.05) is 43.0 Å². The summed E-state index contributed by atoms with van der Waals surface area (Å²) in [5.74, 6) is 0.558. The molecule has 5 nitrogen and oxygen atoms in total. The largest absolute Gasteiger partial charge is 0.490 e. The fourth-order valence-electron chi connectivity index (χ4n) is 2.08. The number of ether oxygens (including phenoxy) is 2. The number of carboxylic acids is 1. The highest BCUT2D eigenvalue weighted by molar-refractivity contribution is 5.77. The number of hydrogen-bond donors (Lipinski definition) is 1. The predicted octanol–water partition coefficient (Wildman–Crippen LogP) is 2.65. The van der Waals surface area contributed by atoms with Gasteiger partial charge in [-0.1, -0.05) is 19.1 Å². The van der Waals surface area contributed by atoms with Gasteiger partial charge in [0.2, 0.25) is 0 Å². The van der Waals surface area contributed by atoms with Crippen LogP contribution in [0.1, 0.15) is 27.7 Å². The van der Waals surface area contributed by atoms with Gasteiger partial charge in [-0.15, -0.1) is 0 Å². The van der Waals surface area contributed by atoms with Gasteiger partial charge in [0.05, 0.1) is 6.61 Å². The minimum Gasteiger partial charge on any atom is -0.490 e. The highest BCUT2D eigenvalue weighted by Gasteiger charge is 2.33. The van der Waals surface area contributed by atoms with E-state index in [1.54, 1.807) is 13.8 Å². The van der Waals surface area contributed by atoms with E-state index in [2.05, 4.69) is 0 Å². The Labute approximate surface area is 126 Å². The number of likely N-dealkylation sites (N-methyl/N-ethyl adjacent to an activating group) is 1. The van der Waals surface area contributed by atoms with Crippen molar-refractivity contribution < 1.29 is 19.4 Å². The summed E-state index contributed by atoms with van der Waals surface area (Å²) >= 11 is 0. The SMILES string of the molecule is CCOc1ccccc1OCCN(CC)C(C)(C)C(=O)O. The Kier molecular flexibility index (Phi) is 6.49. The van der Waals surface area contributed by atoms with Crippen molar-refractivity contribution in [2.24, 2.45) is 0 Å². The Morgan fingerprint density at radius 2 is 1.76 bits per heavy atom. The molecule has 0 aliphatic rings. The molecule has 0 spiro atoms. The van der Waals surface area contributed by atoms with Crippen molar-refractivity contribution in [1.29, 1.82) is 0 Å². The van der Waals surface area contributed by atoms with Crippen LogP contribution in [0.15, 0.2) is 24.3 Å². The van der Waals surface area contributed by atoms with Crippen LogP contribution in [0.25, 0.3) is 0 Å². The van der Waals surface area contributed by atoms with E-state index >= 15 is 0 Å². The van der Waals surface area contributed by atoms with Gasteiger partial charge >= 0.3 is 5.97 Å². The summed E-state index contributed by atoms with van der Waals surface area (Å²) in [5, 5.41) is 9.27. The highest BCUT2D eigenvalue weighted by atomic mass is 16.5. The first-order chi connectivity index (χ1) is 9.93. The first-order valence-corrected chi connectivity index (χ1v) is 7.26. The van der Waals surface area contributed by atoms with E-state index in [9.17, 15) is 9.90 Å². The van der Waals surface area contributed by atoms with Crippen molar-refractivity contribution in [1.82, 2.24) is 4.90 Å². The zero-order chi connectivity index (χ0) is 15.9. The molecular formula is C16H25NO4. The molecule has 0 saturated heterocycles. The lowest BCUT2D eigenvalue weighted by molar-refractivity contribution is -0.149. The van der Waals surface area contributed by atoms with Crippen molar-refractivity contribution in [2.75, 3.05) is 26.3 Å². The van der Waals surface area contributed by atoms with Crippen LogP contribution in [0.2, 0.25) is 0 Å². The topological polar surface area (TPSA) is 59.0 Å². The average molecular weight is 295 g/mol. The molecule has 0 radical (unpaired) electrons. The summed E-state index contributed by atoms with van der Waals surface area (Å²) in [6, 6.07) is 7.49. The van der Waals surface area contributed by atoms with E-state index in [0.29, 0.717) is 37.8 Å². The number of para-hydroxylation sites is 2. The Hall–Kier alpha value is -1.75. The smallest absolute Gasteiger partial charge is 0.323 e. The molecule has 1 aromatic carbocycles. The van der Waals surface area contributed by atoms with Crippen LogP contribution in [-0.2, 0) is 4.79 Å². The number of hydrogen-bond acceptors (Lipinski definition) is 4. The fourth-order valence-corrected chi connectivity index (χ4v) is 2.08. The predicted molar refractivity (Wildman–Crippen MR) is 82.1 cm³/mol. The van der Waals surface area contributed by atoms with Gasteiger partial charge in [0.1, 0.15) is 12.1 Å². The third-order valence-electron chi connectivity index (χ3n) is 3.46. The second kappa shape index (κ2) is 7.88. The van der Waals surface area contributed by atoms with Gasteiger partial charge in [-0.3, -0.25) is 9.69 Å². The molecule has 0 fully saturated rings. The lowest BCUT2D eigenvalue weighted by Crippen LogP contribution is -2.51. The van der Waals surface area contributed by atoms with E-state index in [0.717, 1.165) is 0 Å². The summed E-state index contributed by atoms with van der Waals surface area (Å²) in [6.45, 7) is 9.44. The summed E-state index contributed by atoms with van der Waals surface area (Å²) < 4.78 is 11.2. The van der Waals surface area contributed by atoms with Crippen LogP contribution < -0.4 is 9.47 Å². The Morgan fingerprint density at radius 1 is 1.19 bits per heavy atom. The molecule has 0 aliphatic carbocycles. The first-order valence-electron chi connectivity index (χ1n) is 7.26. The summed E-state index contributed by atoms with van der Waals surface area (Å²) in [6.07, 6.45) is 0. The van der Waals surface area contributed by atoms with Crippen LogP contribution >= 0.6 is 0 Å². The molecule has 0 unspecified atom stereocenters. The Bertz CT molecular complexity index is 459. The van der Waals surface area contributed by atoms with Crippen LogP contribution in [-0.4, -0.2) is 47.8 Å². The molecule has 0 aliphatic heterocycles. The van der Waals surface area contributed by atoms with E-state index in [-0.39, 0.29) is 0 Å². The average Bonchev–Trinajstić information content (AvgIpc) is 2.45. The summed E-state index contributed by atoms with van der Waals surface area (Å²) in [4.78, 5) is 13.2. The van der Waals surface area contributed by atoms with Gasteiger partial charge in [-0.2, -0.15) is 0 Å². The number of rotatable bonds is 9. The van der Waals surface area contributed by atoms with Crippen LogP contribution in [0.3, 0.4) is 0 Å². The summed E-state index contributed by atoms with van der Waals surface area (Å²) in [7, 11) is 0. The molecule has 118 valence electrons. The molecule has 0 bridgehead atoms. The monoisotopic (exact) mass is 295 g/mol. The van der Waals surface area contributed by atoms with E-state index in [4.69, 9.17) is 9.47 Å². The van der Waals surface area contributed by atoms with E-state index in [1.165, 1.54) is 0 Å². The van der Waals surface area contributed by atoms with Crippen LogP contribution in [0, 0.1) is 0 Å². The normalized spacial score (nSPS) is 11.5. The van der Waals surface area contributed by atoms with Crippen molar-refractivity contribution >= 4 is 5.97 Å². The lowest BCUT2D eigenvalue weighted by Gasteiger charge is -2.33. The molecule has 1 rings (SSSR count). The van der Waals surface area contributed by atoms with Crippen LogP contribution in [0.5, 0.6) is 11.5 Å². The highest BCUT2D eigenvalue weighted by Crippen LogP contribution is 2.26. The molecular weight excluding hydrogens is 270 g/mol. The molecule has 0 heterocycles. The van der Waals surface area contributed by atoms with Crippen molar-refractivity contribution in [3.8, 4) is 11.5 Å². The number of aliphatic carboxylic acids is 1. The first kappa shape index (κ1) is 17.3. The molecule has 5 heteroatoms. The molecule has 1 N–H and O–H groups in total. The van der Waals surface area contributed by atoms with Gasteiger partial charge in [0.15, 0.2) is 11.5 Å². The van der Waals surface area contributed by atoms with Crippen molar-refractivity contribution in [2.45, 2.75) is 33.2 Å². The second-order valence-electron chi connectivity index (χ2n) is 5.17. The van der Waals surface area contributed by atoms with Crippen LogP contribution in [0.4, 0.5) is 0 Å². The van der Waals surface area contributed by atoms with Gasteiger partial charge < -0.3 is 14.6 Å². The Morgan fingerprint density at radius 3 is 2.24 bits per heavy atom. The standard InChI is InChI=1S/C16H25NO4/c1-5-17(16(3,4)15(18)19)11-12-21-14-10-8-7-9-13(14)20-6-2/h7-10H,5-6,11-12H2,1-4H3,(H,18,19). The molecule has 1 aromatic rings. The van der Waals surface area contributed by atoms with Gasteiger partial charge in [-0.05, 0) is 39.4 Å². The maximum absolute atomic E-state index is 11.3. The number of carboxylic acid groups (broad SMARTS) is 1. The molecule has 0 aromatic heterocycles. The van der Waals surface area contributed by atoms with Gasteiger partial charge in [-0.25, -0.2) is 0 Å². The number of benzene rings is 1. The van der Waals surface area contributed by atoms with Crippen molar-refractivity contribution in [3.05, 3.63) is 24.3 Å². The van der Waals surface area contributed by atoms with Gasteiger partial charge in [0.25, 0.3) is 0 Å². The van der Waals surface area contributed by atoms with E-state index < -0.39 is 11.5 Å². The van der Waals surface area contributed by atoms with Crippen molar-refractivity contribution in [3.63, 3.8) is 0 Å². The summed E-state index contributed by atoms with van der Waals surface area (Å²) in [5.41, 5.74) is -0.905. The number of carbonyl (C=O) groups is 1. The molecule has 0 atom stereocenters. The quantitative estimate of drug-likeness (QED) is 0.759. The number of nitrogens with zero attached hydrogens (tertiary/aromatic N) is 1. The molecule has 0 amide bonds. The molecule has 21 heavy (non-hydrogen) atoms. The minimum absolute atomic E-state index is 0.411. The lowest BCUT2D eigenvalue weighted by atomic mass is 10.0. The zero-order valence-corrected chi connectivity index (χ0v) is 13.3. The minimum atomic E-state index is -0.905. The third-order valence-corrected chi connectivity index (χ3v) is 3.46. The maximum atomic E-state index is 11.3. The van der Waals surface area contributed by atoms with Gasteiger partial charge in [0, 0.05) is 6.54 Å². The molecule has 0 saturated carbocycles. The maximum Gasteiger partial charge on any atom is 0.323 e. The Balaban J connectivity index is 2.62. The second-order valence-corrected chi connectivity index (χ2v) is 5.17. The fraction of sp³-hybridized carbons (Fsp3) is 0.562. The zero-order valence-electron chi connectivity index (χ0n) is 13.3. The third kappa shape index (κ3) is 4.63.